The number of carbonyl (C=O) groups is 1. The highest BCUT2D eigenvalue weighted by molar-refractivity contribution is 9.10. The van der Waals surface area contributed by atoms with E-state index >= 15 is 0 Å². The van der Waals surface area contributed by atoms with Gasteiger partial charge in [0.15, 0.2) is 11.5 Å². The van der Waals surface area contributed by atoms with E-state index in [2.05, 4.69) is 26.0 Å². The summed E-state index contributed by atoms with van der Waals surface area (Å²) in [6.07, 6.45) is 2.85. The van der Waals surface area contributed by atoms with Crippen molar-refractivity contribution in [2.75, 3.05) is 13.4 Å². The van der Waals surface area contributed by atoms with E-state index in [9.17, 15) is 9.59 Å². The maximum absolute atomic E-state index is 12.8. The Kier molecular flexibility index (Phi) is 4.90. The number of aryl methyl sites for hydroxylation is 1. The third-order valence-corrected chi connectivity index (χ3v) is 5.98. The minimum Gasteiger partial charge on any atom is -0.462 e. The summed E-state index contributed by atoms with van der Waals surface area (Å²) in [5.41, 5.74) is 0.901. The third kappa shape index (κ3) is 3.18. The van der Waals surface area contributed by atoms with Gasteiger partial charge >= 0.3 is 5.97 Å². The summed E-state index contributed by atoms with van der Waals surface area (Å²) in [5, 5.41) is 4.58. The lowest BCUT2D eigenvalue weighted by Crippen LogP contribution is -2.17. The zero-order valence-corrected chi connectivity index (χ0v) is 17.3. The number of ether oxygens (including phenoxy) is 3. The van der Waals surface area contributed by atoms with Gasteiger partial charge in [-0.25, -0.2) is 9.78 Å². The van der Waals surface area contributed by atoms with Gasteiger partial charge < -0.3 is 14.2 Å². The van der Waals surface area contributed by atoms with Gasteiger partial charge in [0.25, 0.3) is 5.56 Å². The molecule has 10 heteroatoms. The molecule has 0 amide bonds. The number of hydrogen-bond acceptors (Lipinski definition) is 8. The lowest BCUT2D eigenvalue weighted by atomic mass is 10.2. The van der Waals surface area contributed by atoms with Gasteiger partial charge in [0.05, 0.1) is 18.2 Å². The van der Waals surface area contributed by atoms with Crippen molar-refractivity contribution in [2.24, 2.45) is 5.10 Å². The SMILES string of the molecule is CCOC(=O)c1sc2ncn(N=Cc3cc4c(cc3Br)OCO4)c(=O)c2c1C. The molecule has 0 atom stereocenters. The number of hydrogen-bond donors (Lipinski definition) is 0. The van der Waals surface area contributed by atoms with Crippen LogP contribution in [0.3, 0.4) is 0 Å². The normalized spacial score (nSPS) is 12.8. The Balaban J connectivity index is 1.73. The lowest BCUT2D eigenvalue weighted by Gasteiger charge is -2.02. The summed E-state index contributed by atoms with van der Waals surface area (Å²) < 4.78 is 17.6. The van der Waals surface area contributed by atoms with Crippen molar-refractivity contribution in [1.29, 1.82) is 0 Å². The van der Waals surface area contributed by atoms with E-state index in [0.29, 0.717) is 37.7 Å². The molecule has 1 aromatic carbocycles. The molecule has 0 unspecified atom stereocenters. The molecule has 1 aliphatic rings. The second-order valence-corrected chi connectivity index (χ2v) is 7.68. The zero-order valence-electron chi connectivity index (χ0n) is 14.9. The standard InChI is InChI=1S/C18H14BrN3O5S/c1-3-25-18(24)15-9(2)14-16(28-15)20-7-22(17(14)23)21-6-10-4-12-13(5-11(10)19)27-8-26-12/h4-7H,3,8H2,1-2H3. The van der Waals surface area contributed by atoms with Crippen molar-refractivity contribution in [3.63, 3.8) is 0 Å². The number of thiophene rings is 1. The fraction of sp³-hybridized carbons (Fsp3) is 0.222. The minimum absolute atomic E-state index is 0.169. The molecule has 0 saturated carbocycles. The molecular weight excluding hydrogens is 450 g/mol. The summed E-state index contributed by atoms with van der Waals surface area (Å²) in [6, 6.07) is 3.55. The van der Waals surface area contributed by atoms with E-state index in [0.717, 1.165) is 20.5 Å². The molecule has 8 nitrogen and oxygen atoms in total. The third-order valence-electron chi connectivity index (χ3n) is 4.11. The van der Waals surface area contributed by atoms with Gasteiger partial charge in [-0.1, -0.05) is 0 Å². The van der Waals surface area contributed by atoms with Gasteiger partial charge in [0, 0.05) is 10.0 Å². The molecular formula is C18H14BrN3O5S. The molecule has 0 spiro atoms. The second kappa shape index (κ2) is 7.36. The molecule has 1 aliphatic heterocycles. The molecule has 2 aromatic heterocycles. The van der Waals surface area contributed by atoms with Crippen LogP contribution in [0.2, 0.25) is 0 Å². The fourth-order valence-corrected chi connectivity index (χ4v) is 4.20. The van der Waals surface area contributed by atoms with Crippen molar-refractivity contribution in [3.05, 3.63) is 49.3 Å². The number of aromatic nitrogens is 2. The minimum atomic E-state index is -0.457. The number of fused-ring (bicyclic) bond motifs is 2. The van der Waals surface area contributed by atoms with Crippen molar-refractivity contribution in [3.8, 4) is 11.5 Å². The molecule has 144 valence electrons. The molecule has 0 aliphatic carbocycles. The van der Waals surface area contributed by atoms with Gasteiger partial charge in [-0.15, -0.1) is 11.3 Å². The van der Waals surface area contributed by atoms with Crippen LogP contribution in [0, 0.1) is 6.92 Å². The number of carbonyl (C=O) groups excluding carboxylic acids is 1. The Morgan fingerprint density at radius 1 is 1.43 bits per heavy atom. The van der Waals surface area contributed by atoms with Crippen LogP contribution in [0.1, 0.15) is 27.7 Å². The topological polar surface area (TPSA) is 92.0 Å². The Labute approximate surface area is 171 Å². The van der Waals surface area contributed by atoms with Crippen LogP contribution >= 0.6 is 27.3 Å². The van der Waals surface area contributed by atoms with Crippen molar-refractivity contribution < 1.29 is 19.0 Å². The van der Waals surface area contributed by atoms with Crippen LogP contribution in [0.4, 0.5) is 0 Å². The quantitative estimate of drug-likeness (QED) is 0.435. The van der Waals surface area contributed by atoms with Crippen LogP contribution in [-0.4, -0.2) is 35.2 Å². The fourth-order valence-electron chi connectivity index (χ4n) is 2.74. The predicted octanol–water partition coefficient (Wildman–Crippen LogP) is 3.32. The second-order valence-electron chi connectivity index (χ2n) is 5.82. The van der Waals surface area contributed by atoms with E-state index in [1.165, 1.54) is 12.5 Å². The van der Waals surface area contributed by atoms with Crippen molar-refractivity contribution >= 4 is 49.7 Å². The summed E-state index contributed by atoms with van der Waals surface area (Å²) >= 11 is 4.58. The number of halogens is 1. The Morgan fingerprint density at radius 3 is 2.93 bits per heavy atom. The highest BCUT2D eigenvalue weighted by atomic mass is 79.9. The maximum Gasteiger partial charge on any atom is 0.348 e. The Bertz CT molecular complexity index is 1180. The molecule has 0 N–H and O–H groups in total. The highest BCUT2D eigenvalue weighted by Crippen LogP contribution is 2.36. The van der Waals surface area contributed by atoms with Crippen LogP contribution < -0.4 is 15.0 Å². The van der Waals surface area contributed by atoms with Crippen molar-refractivity contribution in [1.82, 2.24) is 9.66 Å². The van der Waals surface area contributed by atoms with E-state index in [-0.39, 0.29) is 19.0 Å². The molecule has 0 fully saturated rings. The smallest absolute Gasteiger partial charge is 0.348 e. The van der Waals surface area contributed by atoms with Gasteiger partial charge in [-0.05, 0) is 47.5 Å². The van der Waals surface area contributed by atoms with Crippen LogP contribution in [0.25, 0.3) is 10.2 Å². The Morgan fingerprint density at radius 2 is 2.18 bits per heavy atom. The van der Waals surface area contributed by atoms with E-state index in [1.54, 1.807) is 26.0 Å². The Hall–Kier alpha value is -2.72. The van der Waals surface area contributed by atoms with Gasteiger partial charge in [-0.3, -0.25) is 4.79 Å². The van der Waals surface area contributed by atoms with E-state index in [1.807, 2.05) is 0 Å². The largest absolute Gasteiger partial charge is 0.462 e. The van der Waals surface area contributed by atoms with Crippen LogP contribution in [-0.2, 0) is 4.74 Å². The first-order valence-electron chi connectivity index (χ1n) is 8.31. The monoisotopic (exact) mass is 463 g/mol. The van der Waals surface area contributed by atoms with Crippen LogP contribution in [0.5, 0.6) is 11.5 Å². The number of esters is 1. The lowest BCUT2D eigenvalue weighted by molar-refractivity contribution is 0.0531. The molecule has 0 bridgehead atoms. The summed E-state index contributed by atoms with van der Waals surface area (Å²) in [7, 11) is 0. The average Bonchev–Trinajstić information content (AvgIpc) is 3.25. The summed E-state index contributed by atoms with van der Waals surface area (Å²) in [4.78, 5) is 30.0. The first kappa shape index (κ1) is 18.6. The van der Waals surface area contributed by atoms with E-state index in [4.69, 9.17) is 14.2 Å². The molecule has 0 radical (unpaired) electrons. The molecule has 0 saturated heterocycles. The first-order chi connectivity index (χ1) is 13.5. The van der Waals surface area contributed by atoms with Crippen molar-refractivity contribution in [2.45, 2.75) is 13.8 Å². The number of rotatable bonds is 4. The van der Waals surface area contributed by atoms with E-state index < -0.39 is 5.97 Å². The molecule has 3 aromatic rings. The average molecular weight is 464 g/mol. The number of nitrogens with zero attached hydrogens (tertiary/aromatic N) is 3. The molecule has 28 heavy (non-hydrogen) atoms. The van der Waals surface area contributed by atoms with Gasteiger partial charge in [0.1, 0.15) is 16.0 Å². The summed E-state index contributed by atoms with van der Waals surface area (Å²) in [6.45, 7) is 3.87. The first-order valence-corrected chi connectivity index (χ1v) is 9.92. The zero-order chi connectivity index (χ0) is 19.8. The predicted molar refractivity (Wildman–Crippen MR) is 108 cm³/mol. The van der Waals surface area contributed by atoms with Crippen LogP contribution in [0.15, 0.2) is 32.8 Å². The number of benzene rings is 1. The highest BCUT2D eigenvalue weighted by Gasteiger charge is 2.20. The van der Waals surface area contributed by atoms with Gasteiger partial charge in [-0.2, -0.15) is 9.78 Å². The molecule has 4 rings (SSSR count). The van der Waals surface area contributed by atoms with Gasteiger partial charge in [0.2, 0.25) is 6.79 Å². The maximum atomic E-state index is 12.8. The molecule has 3 heterocycles. The summed E-state index contributed by atoms with van der Waals surface area (Å²) in [5.74, 6) is 0.796.